The van der Waals surface area contributed by atoms with E-state index in [0.717, 1.165) is 25.9 Å². The lowest BCUT2D eigenvalue weighted by Crippen LogP contribution is -2.71. The molecule has 2 amide bonds. The molecule has 3 aliphatic rings. The number of thioether (sulfide) groups is 1. The molecule has 3 heterocycles. The third-order valence-corrected chi connectivity index (χ3v) is 6.13. The van der Waals surface area contributed by atoms with E-state index in [-0.39, 0.29) is 17.2 Å². The summed E-state index contributed by atoms with van der Waals surface area (Å²) >= 11 is 1.45. The van der Waals surface area contributed by atoms with Crippen molar-refractivity contribution in [3.05, 3.63) is 0 Å². The number of hydrogen-bond donors (Lipinski definition) is 2. The largest absolute Gasteiger partial charge is 0.480 e. The summed E-state index contributed by atoms with van der Waals surface area (Å²) < 4.78 is -0.555. The highest BCUT2D eigenvalue weighted by Gasteiger charge is 2.64. The maximum Gasteiger partial charge on any atom is 0.327 e. The number of amides is 2. The van der Waals surface area contributed by atoms with Crippen LogP contribution in [0.1, 0.15) is 26.7 Å². The van der Waals surface area contributed by atoms with Crippen LogP contribution in [0.4, 0.5) is 0 Å². The number of nitrogens with one attached hydrogen (secondary N) is 1. The van der Waals surface area contributed by atoms with E-state index in [9.17, 15) is 19.5 Å². The molecule has 0 aliphatic carbocycles. The molecule has 0 unspecified atom stereocenters. The number of β-lactam (4-membered cyclic amide) rings is 1. The average molecular weight is 327 g/mol. The molecule has 22 heavy (non-hydrogen) atoms. The molecule has 7 nitrogen and oxygen atoms in total. The number of fused-ring (bicyclic) bond motifs is 1. The molecule has 3 atom stereocenters. The Labute approximate surface area is 133 Å². The van der Waals surface area contributed by atoms with E-state index in [4.69, 9.17) is 0 Å². The van der Waals surface area contributed by atoms with Crippen molar-refractivity contribution in [1.82, 2.24) is 15.1 Å². The van der Waals surface area contributed by atoms with Crippen molar-refractivity contribution in [1.29, 1.82) is 0 Å². The zero-order valence-corrected chi connectivity index (χ0v) is 13.6. The summed E-state index contributed by atoms with van der Waals surface area (Å²) in [5.74, 6) is -1.43. The number of carbonyl (C=O) groups excluding carboxylic acids is 2. The summed E-state index contributed by atoms with van der Waals surface area (Å²) in [5.41, 5.74) is 0. The molecule has 0 spiro atoms. The van der Waals surface area contributed by atoms with Gasteiger partial charge in [-0.05, 0) is 39.8 Å². The van der Waals surface area contributed by atoms with Crippen LogP contribution in [0.2, 0.25) is 0 Å². The van der Waals surface area contributed by atoms with Gasteiger partial charge >= 0.3 is 5.97 Å². The number of carboxylic acids is 1. The lowest BCUT2D eigenvalue weighted by Gasteiger charge is -2.43. The van der Waals surface area contributed by atoms with Crippen molar-refractivity contribution in [3.8, 4) is 0 Å². The van der Waals surface area contributed by atoms with Gasteiger partial charge in [0.05, 0.1) is 6.54 Å². The highest BCUT2D eigenvalue weighted by Crippen LogP contribution is 2.50. The third kappa shape index (κ3) is 2.48. The SMILES string of the molecule is CC1(C)S[C@@H]2[C@H](NC(=O)CN3CCCC3)C(=O)N2[C@H]1C(=O)O. The summed E-state index contributed by atoms with van der Waals surface area (Å²) in [6.45, 7) is 5.80. The summed E-state index contributed by atoms with van der Waals surface area (Å²) in [5, 5.41) is 11.8. The van der Waals surface area contributed by atoms with Gasteiger partial charge in [-0.25, -0.2) is 4.79 Å². The van der Waals surface area contributed by atoms with Crippen LogP contribution in [0.15, 0.2) is 0 Å². The molecule has 0 aromatic rings. The van der Waals surface area contributed by atoms with Gasteiger partial charge in [0.1, 0.15) is 17.5 Å². The lowest BCUT2D eigenvalue weighted by molar-refractivity contribution is -0.161. The van der Waals surface area contributed by atoms with Crippen molar-refractivity contribution in [2.45, 2.75) is 48.9 Å². The lowest BCUT2D eigenvalue weighted by atomic mass is 9.96. The first-order valence-corrected chi connectivity index (χ1v) is 8.44. The van der Waals surface area contributed by atoms with E-state index in [1.165, 1.54) is 16.7 Å². The van der Waals surface area contributed by atoms with Crippen LogP contribution in [-0.2, 0) is 14.4 Å². The van der Waals surface area contributed by atoms with Gasteiger partial charge in [0, 0.05) is 4.75 Å². The number of carbonyl (C=O) groups is 3. The number of nitrogens with zero attached hydrogens (tertiary/aromatic N) is 2. The molecule has 3 fully saturated rings. The molecule has 2 N–H and O–H groups in total. The molecule has 0 aromatic carbocycles. The molecule has 0 aromatic heterocycles. The first-order valence-electron chi connectivity index (χ1n) is 7.56. The van der Waals surface area contributed by atoms with E-state index in [2.05, 4.69) is 10.2 Å². The molecular formula is C14H21N3O4S. The van der Waals surface area contributed by atoms with Crippen molar-refractivity contribution in [3.63, 3.8) is 0 Å². The minimum atomic E-state index is -0.991. The third-order valence-electron chi connectivity index (χ3n) is 4.56. The van der Waals surface area contributed by atoms with Crippen LogP contribution in [0, 0.1) is 0 Å². The van der Waals surface area contributed by atoms with Gasteiger partial charge in [-0.1, -0.05) is 0 Å². The van der Waals surface area contributed by atoms with Crippen molar-refractivity contribution < 1.29 is 19.5 Å². The molecule has 3 saturated heterocycles. The summed E-state index contributed by atoms with van der Waals surface area (Å²) in [6.07, 6.45) is 2.22. The summed E-state index contributed by atoms with van der Waals surface area (Å²) in [7, 11) is 0. The molecular weight excluding hydrogens is 306 g/mol. The van der Waals surface area contributed by atoms with Crippen molar-refractivity contribution >= 4 is 29.5 Å². The van der Waals surface area contributed by atoms with Crippen LogP contribution >= 0.6 is 11.8 Å². The number of carboxylic acid groups (broad SMARTS) is 1. The van der Waals surface area contributed by atoms with E-state index < -0.39 is 22.8 Å². The van der Waals surface area contributed by atoms with Gasteiger partial charge in [-0.3, -0.25) is 14.5 Å². The predicted octanol–water partition coefficient (Wildman–Crippen LogP) is -0.286. The van der Waals surface area contributed by atoms with Gasteiger partial charge < -0.3 is 15.3 Å². The van der Waals surface area contributed by atoms with Crippen LogP contribution in [0.5, 0.6) is 0 Å². The Balaban J connectivity index is 1.62. The zero-order valence-electron chi connectivity index (χ0n) is 12.7. The standard InChI is InChI=1S/C14H21N3O4S/c1-14(2)10(13(20)21)17-11(19)9(12(17)22-14)15-8(18)7-16-5-3-4-6-16/h9-10,12H,3-7H2,1-2H3,(H,15,18)(H,20,21)/t9-,10+,12-/m1/s1. The van der Waals surface area contributed by atoms with Gasteiger partial charge in [0.15, 0.2) is 0 Å². The normalized spacial score (nSPS) is 33.5. The number of rotatable bonds is 4. The average Bonchev–Trinajstić information content (AvgIpc) is 3.00. The van der Waals surface area contributed by atoms with Gasteiger partial charge in [0.25, 0.3) is 0 Å². The van der Waals surface area contributed by atoms with E-state index in [0.29, 0.717) is 6.54 Å². The van der Waals surface area contributed by atoms with Crippen LogP contribution in [-0.4, -0.2) is 74.5 Å². The van der Waals surface area contributed by atoms with E-state index >= 15 is 0 Å². The van der Waals surface area contributed by atoms with Crippen LogP contribution in [0.25, 0.3) is 0 Å². The maximum atomic E-state index is 12.2. The topological polar surface area (TPSA) is 90.0 Å². The minimum Gasteiger partial charge on any atom is -0.480 e. The second-order valence-electron chi connectivity index (χ2n) is 6.63. The Morgan fingerprint density at radius 2 is 2.00 bits per heavy atom. The Morgan fingerprint density at radius 1 is 1.36 bits per heavy atom. The minimum absolute atomic E-state index is 0.155. The Bertz CT molecular complexity index is 518. The fraction of sp³-hybridized carbons (Fsp3) is 0.786. The smallest absolute Gasteiger partial charge is 0.327 e. The van der Waals surface area contributed by atoms with E-state index in [1.54, 1.807) is 0 Å². The monoisotopic (exact) mass is 327 g/mol. The zero-order chi connectivity index (χ0) is 16.1. The Hall–Kier alpha value is -1.28. The summed E-state index contributed by atoms with van der Waals surface area (Å²) in [6, 6.07) is -1.43. The molecule has 0 saturated carbocycles. The second-order valence-corrected chi connectivity index (χ2v) is 8.40. The van der Waals surface area contributed by atoms with Crippen molar-refractivity contribution in [2.24, 2.45) is 0 Å². The molecule has 0 radical (unpaired) electrons. The number of hydrogen-bond acceptors (Lipinski definition) is 5. The first kappa shape index (κ1) is 15.6. The van der Waals surface area contributed by atoms with Gasteiger partial charge in [0.2, 0.25) is 11.8 Å². The van der Waals surface area contributed by atoms with Crippen molar-refractivity contribution in [2.75, 3.05) is 19.6 Å². The van der Waals surface area contributed by atoms with Crippen LogP contribution < -0.4 is 5.32 Å². The van der Waals surface area contributed by atoms with E-state index in [1.807, 2.05) is 13.8 Å². The first-order chi connectivity index (χ1) is 10.3. The van der Waals surface area contributed by atoms with Gasteiger partial charge in [-0.2, -0.15) is 0 Å². The molecule has 3 rings (SSSR count). The fourth-order valence-electron chi connectivity index (χ4n) is 3.51. The maximum absolute atomic E-state index is 12.2. The number of likely N-dealkylation sites (tertiary alicyclic amines) is 1. The van der Waals surface area contributed by atoms with Crippen LogP contribution in [0.3, 0.4) is 0 Å². The molecule has 122 valence electrons. The highest BCUT2D eigenvalue weighted by molar-refractivity contribution is 8.01. The molecule has 8 heteroatoms. The fourth-order valence-corrected chi connectivity index (χ4v) is 5.13. The Morgan fingerprint density at radius 3 is 2.59 bits per heavy atom. The quantitative estimate of drug-likeness (QED) is 0.690. The number of aliphatic carboxylic acids is 1. The highest BCUT2D eigenvalue weighted by atomic mass is 32.2. The predicted molar refractivity (Wildman–Crippen MR) is 81.3 cm³/mol. The van der Waals surface area contributed by atoms with Gasteiger partial charge in [-0.15, -0.1) is 11.8 Å². The summed E-state index contributed by atoms with van der Waals surface area (Å²) in [4.78, 5) is 39.2. The Kier molecular flexibility index (Phi) is 3.84. The molecule has 3 aliphatic heterocycles. The second kappa shape index (κ2) is 5.42. The molecule has 0 bridgehead atoms.